The van der Waals surface area contributed by atoms with Gasteiger partial charge in [0.1, 0.15) is 11.3 Å². The van der Waals surface area contributed by atoms with Crippen molar-refractivity contribution < 1.29 is 15.0 Å². The summed E-state index contributed by atoms with van der Waals surface area (Å²) in [6, 6.07) is 3.23. The predicted molar refractivity (Wildman–Crippen MR) is 63.5 cm³/mol. The summed E-state index contributed by atoms with van der Waals surface area (Å²) in [5.41, 5.74) is 0.379. The molecule has 0 radical (unpaired) electrons. The van der Waals surface area contributed by atoms with Crippen LogP contribution >= 0.6 is 11.6 Å². The van der Waals surface area contributed by atoms with E-state index in [9.17, 15) is 15.0 Å². The van der Waals surface area contributed by atoms with Crippen molar-refractivity contribution in [3.8, 4) is 0 Å². The van der Waals surface area contributed by atoms with Crippen LogP contribution in [-0.4, -0.2) is 33.8 Å². The average Bonchev–Trinajstić information content (AvgIpc) is 2.28. The van der Waals surface area contributed by atoms with Gasteiger partial charge in [0.25, 0.3) is 0 Å². The topological polar surface area (TPSA) is 82.5 Å². The lowest BCUT2D eigenvalue weighted by Crippen LogP contribution is -2.27. The zero-order valence-electron chi connectivity index (χ0n) is 9.43. The molecule has 0 fully saturated rings. The molecule has 1 amide bonds. The smallest absolute Gasteiger partial charge is 0.216 e. The number of rotatable bonds is 5. The van der Waals surface area contributed by atoms with Gasteiger partial charge >= 0.3 is 0 Å². The molecule has 0 spiro atoms. The Morgan fingerprint density at radius 2 is 2.29 bits per heavy atom. The molecule has 1 rings (SSSR count). The summed E-state index contributed by atoms with van der Waals surface area (Å²) in [6.07, 6.45) is -0.359. The molecule has 1 aromatic heterocycles. The van der Waals surface area contributed by atoms with Crippen molar-refractivity contribution in [2.75, 3.05) is 6.54 Å². The Labute approximate surface area is 104 Å². The van der Waals surface area contributed by atoms with Gasteiger partial charge in [0.05, 0.1) is 6.10 Å². The van der Waals surface area contributed by atoms with Crippen LogP contribution in [0.3, 0.4) is 0 Å². The summed E-state index contributed by atoms with van der Waals surface area (Å²) in [4.78, 5) is 14.4. The number of nitrogens with zero attached hydrogens (tertiary/aromatic N) is 1. The lowest BCUT2D eigenvalue weighted by molar-refractivity contribution is -0.119. The van der Waals surface area contributed by atoms with Crippen molar-refractivity contribution in [1.82, 2.24) is 10.3 Å². The van der Waals surface area contributed by atoms with E-state index in [2.05, 4.69) is 10.3 Å². The number of halogens is 1. The van der Waals surface area contributed by atoms with Gasteiger partial charge in [-0.15, -0.1) is 0 Å². The van der Waals surface area contributed by atoms with Crippen LogP contribution in [0.4, 0.5) is 0 Å². The molecule has 3 N–H and O–H groups in total. The molecule has 0 bridgehead atoms. The first-order valence-electron chi connectivity index (χ1n) is 5.23. The van der Waals surface area contributed by atoms with E-state index < -0.39 is 12.2 Å². The number of hydrogen-bond acceptors (Lipinski definition) is 4. The number of aliphatic hydroxyl groups excluding tert-OH is 2. The number of hydrogen-bond donors (Lipinski definition) is 3. The third kappa shape index (κ3) is 4.30. The van der Waals surface area contributed by atoms with Crippen molar-refractivity contribution in [3.63, 3.8) is 0 Å². The molecule has 17 heavy (non-hydrogen) atoms. The van der Waals surface area contributed by atoms with Gasteiger partial charge in [0.15, 0.2) is 0 Å². The van der Waals surface area contributed by atoms with Crippen molar-refractivity contribution >= 4 is 17.5 Å². The van der Waals surface area contributed by atoms with E-state index in [-0.39, 0.29) is 17.5 Å². The fraction of sp³-hybridized carbons (Fsp3) is 0.455. The van der Waals surface area contributed by atoms with Crippen LogP contribution in [0.15, 0.2) is 18.3 Å². The van der Waals surface area contributed by atoms with E-state index in [0.717, 1.165) is 0 Å². The molecular weight excluding hydrogens is 244 g/mol. The molecule has 5 nitrogen and oxygen atoms in total. The third-order valence-corrected chi connectivity index (χ3v) is 2.60. The van der Waals surface area contributed by atoms with Gasteiger partial charge in [0, 0.05) is 25.2 Å². The maximum atomic E-state index is 10.6. The van der Waals surface area contributed by atoms with Gasteiger partial charge in [-0.05, 0) is 12.5 Å². The monoisotopic (exact) mass is 258 g/mol. The minimum atomic E-state index is -1.11. The number of carbonyl (C=O) groups excluding carboxylic acids is 1. The lowest BCUT2D eigenvalue weighted by Gasteiger charge is -2.18. The average molecular weight is 259 g/mol. The molecule has 0 aliphatic heterocycles. The predicted octanol–water partition coefficient (Wildman–Crippen LogP) is 0.655. The van der Waals surface area contributed by atoms with Crippen molar-refractivity contribution in [3.05, 3.63) is 29.0 Å². The Hall–Kier alpha value is -1.17. The van der Waals surface area contributed by atoms with Crippen molar-refractivity contribution in [2.45, 2.75) is 25.6 Å². The molecule has 0 saturated carbocycles. The zero-order chi connectivity index (χ0) is 12.8. The normalized spacial score (nSPS) is 14.1. The van der Waals surface area contributed by atoms with Gasteiger partial charge in [-0.25, -0.2) is 4.98 Å². The van der Waals surface area contributed by atoms with Gasteiger partial charge in [0.2, 0.25) is 5.91 Å². The van der Waals surface area contributed by atoms with Crippen LogP contribution in [0.2, 0.25) is 5.15 Å². The number of pyridine rings is 1. The Balaban J connectivity index is 2.55. The molecule has 1 aromatic rings. The number of amides is 1. The molecule has 6 heteroatoms. The Morgan fingerprint density at radius 1 is 1.59 bits per heavy atom. The second-order valence-corrected chi connectivity index (χ2v) is 4.03. The Kier molecular flexibility index (Phi) is 5.34. The van der Waals surface area contributed by atoms with Gasteiger partial charge in [-0.1, -0.05) is 17.7 Å². The fourth-order valence-corrected chi connectivity index (χ4v) is 1.61. The van der Waals surface area contributed by atoms with E-state index in [1.54, 1.807) is 12.1 Å². The number of carbonyl (C=O) groups is 1. The molecule has 0 saturated heterocycles. The molecule has 2 unspecified atom stereocenters. The second-order valence-electron chi connectivity index (χ2n) is 3.67. The highest BCUT2D eigenvalue weighted by atomic mass is 35.5. The Bertz CT molecular complexity index is 387. The van der Waals surface area contributed by atoms with Crippen LogP contribution in [0, 0.1) is 0 Å². The number of aromatic nitrogens is 1. The minimum absolute atomic E-state index is 0.165. The standard InChI is InChI=1S/C11H15ClN2O3/c1-7(15)13-6-4-9(16)10(17)8-3-2-5-14-11(8)12/h2-3,5,9-10,16-17H,4,6H2,1H3,(H,13,15). The van der Waals surface area contributed by atoms with Crippen LogP contribution in [0.5, 0.6) is 0 Å². The summed E-state index contributed by atoms with van der Waals surface area (Å²) < 4.78 is 0. The molecule has 0 aliphatic carbocycles. The first-order chi connectivity index (χ1) is 8.02. The zero-order valence-corrected chi connectivity index (χ0v) is 10.2. The summed E-state index contributed by atoms with van der Waals surface area (Å²) in [7, 11) is 0. The summed E-state index contributed by atoms with van der Waals surface area (Å²) in [5, 5.41) is 22.3. The quantitative estimate of drug-likeness (QED) is 0.678. The molecule has 0 aromatic carbocycles. The highest BCUT2D eigenvalue weighted by Gasteiger charge is 2.20. The number of nitrogens with one attached hydrogen (secondary N) is 1. The van der Waals surface area contributed by atoms with Crippen LogP contribution < -0.4 is 5.32 Å². The largest absolute Gasteiger partial charge is 0.390 e. The van der Waals surface area contributed by atoms with Gasteiger partial charge in [-0.2, -0.15) is 0 Å². The van der Waals surface area contributed by atoms with E-state index in [4.69, 9.17) is 11.6 Å². The van der Waals surface area contributed by atoms with Crippen LogP contribution in [-0.2, 0) is 4.79 Å². The first kappa shape index (κ1) is 13.9. The molecular formula is C11H15ClN2O3. The molecule has 0 aliphatic rings. The lowest BCUT2D eigenvalue weighted by atomic mass is 10.0. The van der Waals surface area contributed by atoms with E-state index >= 15 is 0 Å². The first-order valence-corrected chi connectivity index (χ1v) is 5.61. The summed E-state index contributed by atoms with van der Waals surface area (Å²) >= 11 is 5.80. The van der Waals surface area contributed by atoms with Crippen LogP contribution in [0.1, 0.15) is 25.0 Å². The maximum Gasteiger partial charge on any atom is 0.216 e. The number of aliphatic hydroxyl groups is 2. The van der Waals surface area contributed by atoms with Crippen molar-refractivity contribution in [2.24, 2.45) is 0 Å². The molecule has 1 heterocycles. The highest BCUT2D eigenvalue weighted by Crippen LogP contribution is 2.24. The summed E-state index contributed by atoms with van der Waals surface area (Å²) in [6.45, 7) is 1.69. The molecule has 2 atom stereocenters. The molecule has 94 valence electrons. The van der Waals surface area contributed by atoms with E-state index in [0.29, 0.717) is 12.1 Å². The van der Waals surface area contributed by atoms with Crippen LogP contribution in [0.25, 0.3) is 0 Å². The Morgan fingerprint density at radius 3 is 2.88 bits per heavy atom. The fourth-order valence-electron chi connectivity index (χ4n) is 1.38. The highest BCUT2D eigenvalue weighted by molar-refractivity contribution is 6.30. The second kappa shape index (κ2) is 6.54. The van der Waals surface area contributed by atoms with Crippen molar-refractivity contribution in [1.29, 1.82) is 0 Å². The SMILES string of the molecule is CC(=O)NCCC(O)C(O)c1cccnc1Cl. The summed E-state index contributed by atoms with van der Waals surface area (Å²) in [5.74, 6) is -0.175. The van der Waals surface area contributed by atoms with Gasteiger partial charge in [-0.3, -0.25) is 4.79 Å². The van der Waals surface area contributed by atoms with Gasteiger partial charge < -0.3 is 15.5 Å². The third-order valence-electron chi connectivity index (χ3n) is 2.29. The van der Waals surface area contributed by atoms with E-state index in [1.807, 2.05) is 0 Å². The minimum Gasteiger partial charge on any atom is -0.390 e. The van der Waals surface area contributed by atoms with E-state index in [1.165, 1.54) is 13.1 Å². The maximum absolute atomic E-state index is 10.6.